The van der Waals surface area contributed by atoms with Crippen LogP contribution in [0, 0.1) is 0 Å². The van der Waals surface area contributed by atoms with Crippen LogP contribution < -0.4 is 5.32 Å². The predicted molar refractivity (Wildman–Crippen MR) is 66.3 cm³/mol. The normalized spacial score (nSPS) is 10.8. The molecule has 2 aromatic rings. The minimum Gasteiger partial charge on any atom is -0.440 e. The molecular formula is C11H14N4OS. The summed E-state index contributed by atoms with van der Waals surface area (Å²) in [5, 5.41) is 4.55. The highest BCUT2D eigenvalue weighted by atomic mass is 32.2. The lowest BCUT2D eigenvalue weighted by Crippen LogP contribution is -2.03. The maximum absolute atomic E-state index is 5.22. The van der Waals surface area contributed by atoms with Crippen LogP contribution in [0.1, 0.15) is 25.3 Å². The molecule has 0 aliphatic rings. The van der Waals surface area contributed by atoms with Crippen molar-refractivity contribution < 1.29 is 4.42 Å². The number of hydrogen-bond acceptors (Lipinski definition) is 6. The van der Waals surface area contributed by atoms with Crippen molar-refractivity contribution in [2.75, 3.05) is 12.4 Å². The van der Waals surface area contributed by atoms with Gasteiger partial charge < -0.3 is 9.73 Å². The quantitative estimate of drug-likeness (QED) is 0.842. The molecule has 0 saturated heterocycles. The summed E-state index contributed by atoms with van der Waals surface area (Å²) in [6, 6.07) is 0. The van der Waals surface area contributed by atoms with Gasteiger partial charge in [0.05, 0.1) is 6.20 Å². The van der Waals surface area contributed by atoms with Gasteiger partial charge in [0.15, 0.2) is 0 Å². The van der Waals surface area contributed by atoms with Crippen molar-refractivity contribution in [3.05, 3.63) is 24.4 Å². The molecule has 2 rings (SSSR count). The van der Waals surface area contributed by atoms with Gasteiger partial charge in [-0.25, -0.2) is 15.0 Å². The Kier molecular flexibility index (Phi) is 3.63. The van der Waals surface area contributed by atoms with E-state index in [0.717, 1.165) is 16.4 Å². The molecule has 0 aromatic carbocycles. The largest absolute Gasteiger partial charge is 0.440 e. The first-order valence-electron chi connectivity index (χ1n) is 5.32. The molecule has 0 fully saturated rings. The van der Waals surface area contributed by atoms with Gasteiger partial charge in [-0.05, 0) is 17.7 Å². The molecule has 0 bridgehead atoms. The summed E-state index contributed by atoms with van der Waals surface area (Å²) in [6.07, 6.45) is 4.72. The van der Waals surface area contributed by atoms with Crippen LogP contribution in [0.5, 0.6) is 0 Å². The van der Waals surface area contributed by atoms with E-state index in [4.69, 9.17) is 4.42 Å². The Bertz CT molecular complexity index is 484. The van der Waals surface area contributed by atoms with Crippen LogP contribution in [0.2, 0.25) is 0 Å². The zero-order chi connectivity index (χ0) is 12.3. The second-order valence-corrected chi connectivity index (χ2v) is 4.69. The van der Waals surface area contributed by atoms with E-state index in [1.54, 1.807) is 18.8 Å². The molecule has 0 spiro atoms. The predicted octanol–water partition coefficient (Wildman–Crippen LogP) is 2.78. The van der Waals surface area contributed by atoms with Crippen molar-refractivity contribution in [2.24, 2.45) is 0 Å². The van der Waals surface area contributed by atoms with Crippen molar-refractivity contribution in [2.45, 2.75) is 30.0 Å². The van der Waals surface area contributed by atoms with Gasteiger partial charge in [-0.15, -0.1) is 0 Å². The molecule has 5 nitrogen and oxygen atoms in total. The molecule has 0 saturated carbocycles. The van der Waals surface area contributed by atoms with Crippen LogP contribution in [0.25, 0.3) is 0 Å². The Hall–Kier alpha value is -1.56. The van der Waals surface area contributed by atoms with E-state index < -0.39 is 0 Å². The minimum atomic E-state index is 0.330. The average Bonchev–Trinajstić information content (AvgIpc) is 2.81. The highest BCUT2D eigenvalue weighted by Crippen LogP contribution is 2.34. The first-order chi connectivity index (χ1) is 8.22. The summed E-state index contributed by atoms with van der Waals surface area (Å²) in [4.78, 5) is 12.6. The molecule has 0 amide bonds. The zero-order valence-electron chi connectivity index (χ0n) is 9.97. The molecule has 0 radical (unpaired) electrons. The summed E-state index contributed by atoms with van der Waals surface area (Å²) in [5.41, 5.74) is 1.08. The molecule has 2 aromatic heterocycles. The van der Waals surface area contributed by atoms with E-state index in [0.29, 0.717) is 11.1 Å². The van der Waals surface area contributed by atoms with Crippen LogP contribution >= 0.6 is 11.8 Å². The lowest BCUT2D eigenvalue weighted by atomic mass is 10.1. The van der Waals surface area contributed by atoms with Crippen LogP contribution in [-0.2, 0) is 0 Å². The third kappa shape index (κ3) is 2.58. The number of oxazole rings is 1. The molecule has 0 atom stereocenters. The standard InChI is InChI=1S/C11H14N4OS/c1-7(2)8-9(12-3)14-6-15-10(8)17-11-13-4-5-16-11/h4-7H,1-3H3,(H,12,14,15). The van der Waals surface area contributed by atoms with Crippen LogP contribution in [0.15, 0.2) is 33.5 Å². The first kappa shape index (κ1) is 11.9. The number of aromatic nitrogens is 3. The van der Waals surface area contributed by atoms with E-state index in [1.807, 2.05) is 7.05 Å². The molecule has 6 heteroatoms. The summed E-state index contributed by atoms with van der Waals surface area (Å²) in [6.45, 7) is 4.22. The van der Waals surface area contributed by atoms with Crippen molar-refractivity contribution >= 4 is 17.6 Å². The van der Waals surface area contributed by atoms with Crippen LogP contribution in [-0.4, -0.2) is 22.0 Å². The van der Waals surface area contributed by atoms with Crippen molar-refractivity contribution in [3.8, 4) is 0 Å². The summed E-state index contributed by atoms with van der Waals surface area (Å²) in [7, 11) is 1.85. The highest BCUT2D eigenvalue weighted by molar-refractivity contribution is 7.99. The molecule has 0 aliphatic carbocycles. The second kappa shape index (κ2) is 5.18. The number of hydrogen-bond donors (Lipinski definition) is 1. The topological polar surface area (TPSA) is 63.8 Å². The number of rotatable bonds is 4. The molecule has 0 unspecified atom stereocenters. The maximum Gasteiger partial charge on any atom is 0.261 e. The van der Waals surface area contributed by atoms with E-state index in [1.165, 1.54) is 11.8 Å². The maximum atomic E-state index is 5.22. The number of anilines is 1. The van der Waals surface area contributed by atoms with E-state index in [2.05, 4.69) is 34.1 Å². The molecule has 1 N–H and O–H groups in total. The van der Waals surface area contributed by atoms with Gasteiger partial charge in [0.2, 0.25) is 0 Å². The SMILES string of the molecule is CNc1ncnc(Sc2ncco2)c1C(C)C. The lowest BCUT2D eigenvalue weighted by molar-refractivity contribution is 0.453. The summed E-state index contributed by atoms with van der Waals surface area (Å²) < 4.78 is 5.22. The Morgan fingerprint density at radius 2 is 2.12 bits per heavy atom. The van der Waals surface area contributed by atoms with Gasteiger partial charge in [0, 0.05) is 12.6 Å². The number of nitrogens with zero attached hydrogens (tertiary/aromatic N) is 3. The summed E-state index contributed by atoms with van der Waals surface area (Å²) in [5.74, 6) is 1.18. The van der Waals surface area contributed by atoms with Crippen molar-refractivity contribution in [1.82, 2.24) is 15.0 Å². The summed E-state index contributed by atoms with van der Waals surface area (Å²) >= 11 is 1.41. The van der Waals surface area contributed by atoms with Crippen molar-refractivity contribution in [1.29, 1.82) is 0 Å². The second-order valence-electron chi connectivity index (χ2n) is 3.75. The fourth-order valence-corrected chi connectivity index (χ4v) is 2.45. The van der Waals surface area contributed by atoms with Crippen LogP contribution in [0.4, 0.5) is 5.82 Å². The van der Waals surface area contributed by atoms with Gasteiger partial charge in [0.1, 0.15) is 23.4 Å². The molecular weight excluding hydrogens is 236 g/mol. The Morgan fingerprint density at radius 3 is 2.71 bits per heavy atom. The third-order valence-electron chi connectivity index (χ3n) is 2.26. The van der Waals surface area contributed by atoms with Gasteiger partial charge >= 0.3 is 0 Å². The van der Waals surface area contributed by atoms with Gasteiger partial charge in [-0.1, -0.05) is 13.8 Å². The van der Waals surface area contributed by atoms with E-state index in [9.17, 15) is 0 Å². The highest BCUT2D eigenvalue weighted by Gasteiger charge is 2.16. The Labute approximate surface area is 104 Å². The van der Waals surface area contributed by atoms with Gasteiger partial charge in [-0.2, -0.15) is 0 Å². The smallest absolute Gasteiger partial charge is 0.261 e. The third-order valence-corrected chi connectivity index (χ3v) is 3.15. The van der Waals surface area contributed by atoms with Gasteiger partial charge in [-0.3, -0.25) is 0 Å². The van der Waals surface area contributed by atoms with E-state index in [-0.39, 0.29) is 0 Å². The monoisotopic (exact) mass is 250 g/mol. The fourth-order valence-electron chi connectivity index (χ4n) is 1.52. The number of nitrogens with one attached hydrogen (secondary N) is 1. The minimum absolute atomic E-state index is 0.330. The lowest BCUT2D eigenvalue weighted by Gasteiger charge is -2.13. The molecule has 17 heavy (non-hydrogen) atoms. The molecule has 2 heterocycles. The fraction of sp³-hybridized carbons (Fsp3) is 0.364. The average molecular weight is 250 g/mol. The Morgan fingerprint density at radius 1 is 1.29 bits per heavy atom. The van der Waals surface area contributed by atoms with Crippen molar-refractivity contribution in [3.63, 3.8) is 0 Å². The molecule has 90 valence electrons. The zero-order valence-corrected chi connectivity index (χ0v) is 10.8. The van der Waals surface area contributed by atoms with E-state index >= 15 is 0 Å². The first-order valence-corrected chi connectivity index (χ1v) is 6.14. The van der Waals surface area contributed by atoms with Gasteiger partial charge in [0.25, 0.3) is 5.22 Å². The van der Waals surface area contributed by atoms with Crippen LogP contribution in [0.3, 0.4) is 0 Å². The molecule has 0 aliphatic heterocycles. The Balaban J connectivity index is 2.39.